The molecule has 0 aliphatic heterocycles. The van der Waals surface area contributed by atoms with E-state index in [0.29, 0.717) is 6.54 Å². The first-order valence-corrected chi connectivity index (χ1v) is 7.19. The van der Waals surface area contributed by atoms with Crippen LogP contribution in [0.25, 0.3) is 0 Å². The molecular weight excluding hydrogens is 239 g/mol. The molecule has 1 aliphatic rings. The van der Waals surface area contributed by atoms with E-state index >= 15 is 0 Å². The highest BCUT2D eigenvalue weighted by Crippen LogP contribution is 2.35. The van der Waals surface area contributed by atoms with Crippen molar-refractivity contribution in [1.29, 1.82) is 0 Å². The number of nitrogens with zero attached hydrogens (tertiary/aromatic N) is 1. The first-order valence-electron chi connectivity index (χ1n) is 7.19. The van der Waals surface area contributed by atoms with Gasteiger partial charge in [-0.3, -0.25) is 4.90 Å². The molecule has 1 aromatic carbocycles. The highest BCUT2D eigenvalue weighted by molar-refractivity contribution is 5.16. The SMILES string of the molecule is CN(Cc1ccc(F)cc1)C(C)(CN)CC1CCC1. The van der Waals surface area contributed by atoms with Crippen LogP contribution in [-0.4, -0.2) is 24.0 Å². The molecule has 0 aromatic heterocycles. The van der Waals surface area contributed by atoms with Crippen molar-refractivity contribution in [2.45, 2.75) is 44.7 Å². The molecule has 2 rings (SSSR count). The van der Waals surface area contributed by atoms with Gasteiger partial charge in [0.25, 0.3) is 0 Å². The van der Waals surface area contributed by atoms with Crippen molar-refractivity contribution in [3.05, 3.63) is 35.6 Å². The minimum Gasteiger partial charge on any atom is -0.329 e. The van der Waals surface area contributed by atoms with Gasteiger partial charge in [0.2, 0.25) is 0 Å². The Kier molecular flexibility index (Phi) is 4.58. The summed E-state index contributed by atoms with van der Waals surface area (Å²) >= 11 is 0. The first kappa shape index (κ1) is 14.5. The van der Waals surface area contributed by atoms with Gasteiger partial charge >= 0.3 is 0 Å². The van der Waals surface area contributed by atoms with Crippen molar-refractivity contribution >= 4 is 0 Å². The number of nitrogens with two attached hydrogens (primary N) is 1. The van der Waals surface area contributed by atoms with E-state index in [1.165, 1.54) is 37.8 Å². The summed E-state index contributed by atoms with van der Waals surface area (Å²) < 4.78 is 12.9. The van der Waals surface area contributed by atoms with Gasteiger partial charge in [-0.1, -0.05) is 31.4 Å². The summed E-state index contributed by atoms with van der Waals surface area (Å²) in [5, 5.41) is 0. The maximum absolute atomic E-state index is 12.9. The number of hydrogen-bond acceptors (Lipinski definition) is 2. The zero-order valence-corrected chi connectivity index (χ0v) is 12.0. The smallest absolute Gasteiger partial charge is 0.123 e. The lowest BCUT2D eigenvalue weighted by Gasteiger charge is -2.42. The third-order valence-corrected chi connectivity index (χ3v) is 4.65. The monoisotopic (exact) mass is 264 g/mol. The van der Waals surface area contributed by atoms with Gasteiger partial charge in [-0.15, -0.1) is 0 Å². The van der Waals surface area contributed by atoms with Crippen LogP contribution in [0.5, 0.6) is 0 Å². The Hall–Kier alpha value is -0.930. The first-order chi connectivity index (χ1) is 9.03. The van der Waals surface area contributed by atoms with Crippen molar-refractivity contribution < 1.29 is 4.39 Å². The van der Waals surface area contributed by atoms with E-state index < -0.39 is 0 Å². The molecule has 0 amide bonds. The van der Waals surface area contributed by atoms with E-state index in [1.54, 1.807) is 0 Å². The molecule has 106 valence electrons. The molecule has 1 unspecified atom stereocenters. The molecule has 0 radical (unpaired) electrons. The normalized spacial score (nSPS) is 19.2. The van der Waals surface area contributed by atoms with E-state index in [9.17, 15) is 4.39 Å². The zero-order valence-electron chi connectivity index (χ0n) is 12.0. The maximum Gasteiger partial charge on any atom is 0.123 e. The minimum atomic E-state index is -0.178. The lowest BCUT2D eigenvalue weighted by molar-refractivity contribution is 0.0856. The largest absolute Gasteiger partial charge is 0.329 e. The van der Waals surface area contributed by atoms with Crippen LogP contribution in [0, 0.1) is 11.7 Å². The van der Waals surface area contributed by atoms with Crippen LogP contribution in [0.2, 0.25) is 0 Å². The summed E-state index contributed by atoms with van der Waals surface area (Å²) in [6.07, 6.45) is 5.23. The Labute approximate surface area is 115 Å². The molecule has 0 bridgehead atoms. The van der Waals surface area contributed by atoms with Gasteiger partial charge in [-0.25, -0.2) is 4.39 Å². The molecule has 1 aliphatic carbocycles. The standard InChI is InChI=1S/C16H25FN2/c1-16(12-18,10-13-4-3-5-13)19(2)11-14-6-8-15(17)9-7-14/h6-9,13H,3-5,10-12,18H2,1-2H3. The topological polar surface area (TPSA) is 29.3 Å². The molecule has 1 aromatic rings. The van der Waals surface area contributed by atoms with Gasteiger partial charge in [0, 0.05) is 18.6 Å². The molecule has 3 heteroatoms. The summed E-state index contributed by atoms with van der Waals surface area (Å²) in [4.78, 5) is 2.32. The second kappa shape index (κ2) is 6.02. The number of benzene rings is 1. The van der Waals surface area contributed by atoms with Crippen LogP contribution in [0.3, 0.4) is 0 Å². The van der Waals surface area contributed by atoms with Crippen LogP contribution >= 0.6 is 0 Å². The number of rotatable bonds is 6. The lowest BCUT2D eigenvalue weighted by Crippen LogP contribution is -2.51. The van der Waals surface area contributed by atoms with E-state index in [0.717, 1.165) is 18.0 Å². The average Bonchev–Trinajstić information content (AvgIpc) is 2.36. The van der Waals surface area contributed by atoms with Crippen LogP contribution in [0.1, 0.15) is 38.2 Å². The molecule has 2 nitrogen and oxygen atoms in total. The van der Waals surface area contributed by atoms with Crippen molar-refractivity contribution in [3.8, 4) is 0 Å². The summed E-state index contributed by atoms with van der Waals surface area (Å²) in [6.45, 7) is 3.73. The fourth-order valence-corrected chi connectivity index (χ4v) is 2.77. The highest BCUT2D eigenvalue weighted by Gasteiger charge is 2.33. The molecular formula is C16H25FN2. The van der Waals surface area contributed by atoms with Crippen molar-refractivity contribution in [3.63, 3.8) is 0 Å². The fraction of sp³-hybridized carbons (Fsp3) is 0.625. The number of halogens is 1. The zero-order chi connectivity index (χ0) is 13.9. The van der Waals surface area contributed by atoms with Crippen molar-refractivity contribution in [2.75, 3.05) is 13.6 Å². The molecule has 1 fully saturated rings. The van der Waals surface area contributed by atoms with Crippen molar-refractivity contribution in [2.24, 2.45) is 11.7 Å². The Morgan fingerprint density at radius 3 is 2.42 bits per heavy atom. The quantitative estimate of drug-likeness (QED) is 0.855. The Morgan fingerprint density at radius 2 is 1.95 bits per heavy atom. The van der Waals surface area contributed by atoms with Crippen LogP contribution in [-0.2, 0) is 6.54 Å². The van der Waals surface area contributed by atoms with Crippen LogP contribution in [0.4, 0.5) is 4.39 Å². The summed E-state index contributed by atoms with van der Waals surface area (Å²) in [6, 6.07) is 6.75. The Morgan fingerprint density at radius 1 is 1.32 bits per heavy atom. The summed E-state index contributed by atoms with van der Waals surface area (Å²) in [7, 11) is 2.12. The molecule has 19 heavy (non-hydrogen) atoms. The third-order valence-electron chi connectivity index (χ3n) is 4.65. The Bertz CT molecular complexity index is 400. The predicted octanol–water partition coefficient (Wildman–Crippen LogP) is 3.17. The van der Waals surface area contributed by atoms with Crippen molar-refractivity contribution in [1.82, 2.24) is 4.90 Å². The summed E-state index contributed by atoms with van der Waals surface area (Å²) in [5.74, 6) is 0.659. The summed E-state index contributed by atoms with van der Waals surface area (Å²) in [5.41, 5.74) is 7.19. The van der Waals surface area contributed by atoms with E-state index in [-0.39, 0.29) is 11.4 Å². The van der Waals surface area contributed by atoms with E-state index in [2.05, 4.69) is 18.9 Å². The van der Waals surface area contributed by atoms with Gasteiger partial charge in [-0.2, -0.15) is 0 Å². The highest BCUT2D eigenvalue weighted by atomic mass is 19.1. The molecule has 1 atom stereocenters. The minimum absolute atomic E-state index is 0.0411. The van der Waals surface area contributed by atoms with Gasteiger partial charge in [0.05, 0.1) is 0 Å². The molecule has 1 saturated carbocycles. The molecule has 2 N–H and O–H groups in total. The Balaban J connectivity index is 1.98. The van der Waals surface area contributed by atoms with Crippen LogP contribution < -0.4 is 5.73 Å². The predicted molar refractivity (Wildman–Crippen MR) is 77.3 cm³/mol. The second-order valence-electron chi connectivity index (χ2n) is 6.18. The second-order valence-corrected chi connectivity index (χ2v) is 6.18. The van der Waals surface area contributed by atoms with Crippen LogP contribution in [0.15, 0.2) is 24.3 Å². The third kappa shape index (κ3) is 3.54. The van der Waals surface area contributed by atoms with Gasteiger partial charge in [-0.05, 0) is 44.0 Å². The van der Waals surface area contributed by atoms with Gasteiger partial charge in [0.15, 0.2) is 0 Å². The van der Waals surface area contributed by atoms with E-state index in [1.807, 2.05) is 12.1 Å². The number of hydrogen-bond donors (Lipinski definition) is 1. The maximum atomic E-state index is 12.9. The van der Waals surface area contributed by atoms with Gasteiger partial charge in [0.1, 0.15) is 5.82 Å². The fourth-order valence-electron chi connectivity index (χ4n) is 2.77. The molecule has 0 heterocycles. The molecule has 0 saturated heterocycles. The van der Waals surface area contributed by atoms with E-state index in [4.69, 9.17) is 5.73 Å². The lowest BCUT2D eigenvalue weighted by atomic mass is 9.76. The number of likely N-dealkylation sites (N-methyl/N-ethyl adjacent to an activating group) is 1. The van der Waals surface area contributed by atoms with Gasteiger partial charge < -0.3 is 5.73 Å². The molecule has 0 spiro atoms. The average molecular weight is 264 g/mol.